The number of benzene rings is 1. The molecule has 0 aliphatic carbocycles. The Morgan fingerprint density at radius 3 is 2.33 bits per heavy atom. The van der Waals surface area contributed by atoms with Gasteiger partial charge in [-0.25, -0.2) is 0 Å². The predicted octanol–water partition coefficient (Wildman–Crippen LogP) is 1.48. The molecule has 52 valence electrons. The van der Waals surface area contributed by atoms with Crippen LogP contribution >= 0.6 is 0 Å². The molecule has 0 aromatic heterocycles. The number of hydrogen-bond acceptors (Lipinski definition) is 0. The van der Waals surface area contributed by atoms with Crippen molar-refractivity contribution in [3.8, 4) is 0 Å². The fourth-order valence-corrected chi connectivity index (χ4v) is 1.13. The molecule has 1 heteroatoms. The first-order valence-corrected chi connectivity index (χ1v) is 3.64. The van der Waals surface area contributed by atoms with Gasteiger partial charge < -0.3 is 0 Å². The van der Waals surface area contributed by atoms with Crippen LogP contribution in [0.3, 0.4) is 0 Å². The molecule has 9 heavy (non-hydrogen) atoms. The molecule has 0 heterocycles. The predicted molar refractivity (Wildman–Crippen MR) is 35.5 cm³/mol. The zero-order valence-corrected chi connectivity index (χ0v) is 7.02. The molecule has 0 saturated heterocycles. The monoisotopic (exact) mass is 212 g/mol. The molecule has 0 spiro atoms. The van der Waals surface area contributed by atoms with Crippen LogP contribution in [0.1, 0.15) is 11.1 Å². The summed E-state index contributed by atoms with van der Waals surface area (Å²) in [7, 11) is 0. The first-order valence-electron chi connectivity index (χ1n) is 2.89. The summed E-state index contributed by atoms with van der Waals surface area (Å²) < 4.78 is 1.19. The topological polar surface area (TPSA) is 0 Å². The Kier molecular flexibility index (Phi) is 2.12. The molecule has 0 radical (unpaired) electrons. The molecule has 0 saturated carbocycles. The second-order valence-electron chi connectivity index (χ2n) is 2.14. The van der Waals surface area contributed by atoms with Crippen LogP contribution in [0.4, 0.5) is 0 Å². The van der Waals surface area contributed by atoms with E-state index in [2.05, 4.69) is 47.0 Å². The normalized spacial score (nSPS) is 9.78. The summed E-state index contributed by atoms with van der Waals surface area (Å²) >= 11 is 3.46. The number of hydrogen-bond donors (Lipinski definition) is 0. The van der Waals surface area contributed by atoms with E-state index in [4.69, 9.17) is 0 Å². The van der Waals surface area contributed by atoms with Crippen molar-refractivity contribution in [1.29, 1.82) is 0 Å². The van der Waals surface area contributed by atoms with E-state index >= 15 is 0 Å². The van der Waals surface area contributed by atoms with Gasteiger partial charge in [0.05, 0.1) is 0 Å². The quantitative estimate of drug-likeness (QED) is 0.572. The van der Waals surface area contributed by atoms with Crippen LogP contribution in [-0.4, -0.2) is 0 Å². The standard InChI is InChI=1S/C8H9.Ag/c1-7-5-3-4-6-8(7)2;/h3-5H,1-2H3;. The van der Waals surface area contributed by atoms with E-state index in [-0.39, 0.29) is 0 Å². The second kappa shape index (κ2) is 2.70. The van der Waals surface area contributed by atoms with Crippen LogP contribution in [-0.2, 0) is 21.1 Å². The molecule has 0 nitrogen and oxygen atoms in total. The molecule has 1 aromatic rings. The average Bonchev–Trinajstić information content (AvgIpc) is 1.83. The molecule has 0 fully saturated rings. The molecule has 0 unspecified atom stereocenters. The van der Waals surface area contributed by atoms with Gasteiger partial charge in [0.2, 0.25) is 0 Å². The minimum atomic E-state index is 1.19. The van der Waals surface area contributed by atoms with Crippen molar-refractivity contribution in [1.82, 2.24) is 0 Å². The summed E-state index contributed by atoms with van der Waals surface area (Å²) in [5.41, 5.74) is 2.67. The average molecular weight is 213 g/mol. The van der Waals surface area contributed by atoms with Crippen LogP contribution in [0.5, 0.6) is 0 Å². The summed E-state index contributed by atoms with van der Waals surface area (Å²) in [5, 5.41) is 0. The summed E-state index contributed by atoms with van der Waals surface area (Å²) in [6.45, 7) is 4.22. The van der Waals surface area contributed by atoms with Gasteiger partial charge in [-0.3, -0.25) is 0 Å². The Morgan fingerprint density at radius 1 is 1.22 bits per heavy atom. The van der Waals surface area contributed by atoms with Crippen molar-refractivity contribution < 1.29 is 21.1 Å². The van der Waals surface area contributed by atoms with Crippen molar-refractivity contribution in [3.05, 3.63) is 29.3 Å². The summed E-state index contributed by atoms with van der Waals surface area (Å²) in [6.07, 6.45) is 0. The number of aryl methyl sites for hydroxylation is 1. The van der Waals surface area contributed by atoms with Crippen molar-refractivity contribution in [3.63, 3.8) is 0 Å². The van der Waals surface area contributed by atoms with Crippen LogP contribution in [0, 0.1) is 13.8 Å². The fraction of sp³-hybridized carbons (Fsp3) is 0.250. The van der Waals surface area contributed by atoms with E-state index in [1.54, 1.807) is 0 Å². The molecule has 0 aliphatic heterocycles. The fourth-order valence-electron chi connectivity index (χ4n) is 0.693. The van der Waals surface area contributed by atoms with E-state index in [1.165, 1.54) is 14.9 Å². The van der Waals surface area contributed by atoms with E-state index in [0.29, 0.717) is 0 Å². The van der Waals surface area contributed by atoms with Crippen LogP contribution in [0.15, 0.2) is 18.2 Å². The van der Waals surface area contributed by atoms with Crippen LogP contribution in [0.2, 0.25) is 0 Å². The molecular formula is C8H9Ag. The minimum absolute atomic E-state index is 1.19. The SMILES string of the molecule is Cc1ccc[c]([Ag])c1C. The molecule has 1 rings (SSSR count). The second-order valence-corrected chi connectivity index (χ2v) is 2.94. The van der Waals surface area contributed by atoms with E-state index < -0.39 is 0 Å². The third kappa shape index (κ3) is 1.45. The van der Waals surface area contributed by atoms with E-state index in [0.717, 1.165) is 0 Å². The summed E-state index contributed by atoms with van der Waals surface area (Å²) in [5.74, 6) is 0. The van der Waals surface area contributed by atoms with E-state index in [9.17, 15) is 0 Å². The summed E-state index contributed by atoms with van der Waals surface area (Å²) in [6, 6.07) is 6.21. The van der Waals surface area contributed by atoms with Crippen LogP contribution in [0.25, 0.3) is 0 Å². The third-order valence-electron chi connectivity index (χ3n) is 1.50. The van der Waals surface area contributed by atoms with Crippen molar-refractivity contribution >= 4 is 3.78 Å². The van der Waals surface area contributed by atoms with E-state index in [1.807, 2.05) is 6.07 Å². The molecule has 0 aliphatic rings. The van der Waals surface area contributed by atoms with Gasteiger partial charge in [0, 0.05) is 0 Å². The Labute approximate surface area is 68.2 Å². The zero-order valence-electron chi connectivity index (χ0n) is 5.53. The molecule has 0 N–H and O–H groups in total. The van der Waals surface area contributed by atoms with Gasteiger partial charge in [0.1, 0.15) is 0 Å². The number of rotatable bonds is 0. The maximum absolute atomic E-state index is 3.46. The summed E-state index contributed by atoms with van der Waals surface area (Å²) in [4.78, 5) is 0. The molecular weight excluding hydrogens is 204 g/mol. The first kappa shape index (κ1) is 7.07. The first-order chi connectivity index (χ1) is 4.22. The maximum atomic E-state index is 3.46. The molecule has 1 aromatic carbocycles. The zero-order chi connectivity index (χ0) is 6.85. The van der Waals surface area contributed by atoms with Gasteiger partial charge >= 0.3 is 68.0 Å². The molecule has 0 bridgehead atoms. The Bertz CT molecular complexity index is 196. The molecule has 0 atom stereocenters. The Morgan fingerprint density at radius 2 is 1.89 bits per heavy atom. The Balaban J connectivity index is 3.25. The van der Waals surface area contributed by atoms with Gasteiger partial charge in [0.15, 0.2) is 0 Å². The van der Waals surface area contributed by atoms with Gasteiger partial charge in [-0.2, -0.15) is 0 Å². The van der Waals surface area contributed by atoms with Gasteiger partial charge in [-0.15, -0.1) is 0 Å². The van der Waals surface area contributed by atoms with Crippen LogP contribution < -0.4 is 3.78 Å². The van der Waals surface area contributed by atoms with Crippen molar-refractivity contribution in [2.75, 3.05) is 0 Å². The van der Waals surface area contributed by atoms with Gasteiger partial charge in [0.25, 0.3) is 0 Å². The third-order valence-corrected chi connectivity index (χ3v) is 2.30. The Hall–Kier alpha value is -0.0397. The van der Waals surface area contributed by atoms with Gasteiger partial charge in [-0.05, 0) is 0 Å². The van der Waals surface area contributed by atoms with Gasteiger partial charge in [-0.1, -0.05) is 0 Å². The molecule has 0 amide bonds. The van der Waals surface area contributed by atoms with Crippen molar-refractivity contribution in [2.24, 2.45) is 0 Å². The van der Waals surface area contributed by atoms with Crippen molar-refractivity contribution in [2.45, 2.75) is 13.8 Å².